The van der Waals surface area contributed by atoms with Gasteiger partial charge in [0, 0.05) is 27.5 Å². The predicted octanol–water partition coefficient (Wildman–Crippen LogP) is 0.726. The van der Waals surface area contributed by atoms with E-state index in [1.807, 2.05) is 0 Å². The summed E-state index contributed by atoms with van der Waals surface area (Å²) >= 11 is 0. The highest BCUT2D eigenvalue weighted by molar-refractivity contribution is 5.86. The van der Waals surface area contributed by atoms with Crippen LogP contribution in [0, 0.1) is 6.08 Å². The normalized spacial score (nSPS) is 27.8. The smallest absolute Gasteiger partial charge is 0.312 e. The molecule has 2 aromatic rings. The van der Waals surface area contributed by atoms with Crippen LogP contribution in [0.3, 0.4) is 0 Å². The largest absolute Gasteiger partial charge is 0.383 e. The fraction of sp³-hybridized carbons (Fsp3) is 0.571. The van der Waals surface area contributed by atoms with Crippen LogP contribution in [0.4, 0.5) is 10.2 Å². The van der Waals surface area contributed by atoms with Crippen molar-refractivity contribution in [3.63, 3.8) is 0 Å². The molecule has 0 aliphatic carbocycles. The number of methoxy groups -OCH3 is 3. The minimum Gasteiger partial charge on any atom is -0.383 e. The molecular weight excluding hydrogens is 307 g/mol. The Morgan fingerprint density at radius 1 is 1.26 bits per heavy atom. The van der Waals surface area contributed by atoms with Crippen LogP contribution in [0.25, 0.3) is 11.0 Å². The summed E-state index contributed by atoms with van der Waals surface area (Å²) in [6, 6.07) is 1.71. The van der Waals surface area contributed by atoms with Gasteiger partial charge in [0.2, 0.25) is 0 Å². The molecule has 0 saturated carbocycles. The standard InChI is InChI=1S/C14H19FN4O4/c1-20-6-8-9(21-2)10(22-3)13(23-8)19-5-4-7-11(16)17-14(15)18-12(7)19/h4-5,8-10,13H,6H2,1-3H3,(H2,16,17,18)/t8-,9?,10?,13-/m1/s1. The second kappa shape index (κ2) is 6.36. The Kier molecular flexibility index (Phi) is 4.44. The molecule has 2 unspecified atom stereocenters. The van der Waals surface area contributed by atoms with Crippen molar-refractivity contribution in [3.05, 3.63) is 18.3 Å². The maximum absolute atomic E-state index is 13.5. The second-order valence-electron chi connectivity index (χ2n) is 5.26. The van der Waals surface area contributed by atoms with Gasteiger partial charge < -0.3 is 29.2 Å². The highest BCUT2D eigenvalue weighted by Crippen LogP contribution is 2.35. The van der Waals surface area contributed by atoms with Gasteiger partial charge in [-0.2, -0.15) is 14.4 Å². The molecule has 1 aliphatic heterocycles. The Balaban J connectivity index is 2.03. The average molecular weight is 326 g/mol. The van der Waals surface area contributed by atoms with Crippen molar-refractivity contribution in [3.8, 4) is 0 Å². The fourth-order valence-corrected chi connectivity index (χ4v) is 3.00. The number of rotatable bonds is 5. The number of nitrogens with zero attached hydrogens (tertiary/aromatic N) is 3. The van der Waals surface area contributed by atoms with E-state index >= 15 is 0 Å². The van der Waals surface area contributed by atoms with Gasteiger partial charge in [-0.25, -0.2) is 0 Å². The summed E-state index contributed by atoms with van der Waals surface area (Å²) in [4.78, 5) is 7.36. The lowest BCUT2D eigenvalue weighted by atomic mass is 10.1. The van der Waals surface area contributed by atoms with E-state index in [0.717, 1.165) is 0 Å². The number of hydrogen-bond donors (Lipinski definition) is 1. The molecule has 1 fully saturated rings. The molecule has 126 valence electrons. The van der Waals surface area contributed by atoms with Crippen molar-refractivity contribution >= 4 is 16.9 Å². The van der Waals surface area contributed by atoms with E-state index in [4.69, 9.17) is 24.7 Å². The molecule has 3 rings (SSSR count). The quantitative estimate of drug-likeness (QED) is 0.809. The van der Waals surface area contributed by atoms with Crippen LogP contribution in [0.5, 0.6) is 0 Å². The van der Waals surface area contributed by atoms with Gasteiger partial charge in [-0.1, -0.05) is 0 Å². The third-order valence-electron chi connectivity index (χ3n) is 4.01. The molecule has 4 atom stereocenters. The van der Waals surface area contributed by atoms with Crippen LogP contribution >= 0.6 is 0 Å². The first kappa shape index (κ1) is 16.1. The number of anilines is 1. The highest BCUT2D eigenvalue weighted by atomic mass is 19.1. The summed E-state index contributed by atoms with van der Waals surface area (Å²) < 4.78 is 37.4. The minimum atomic E-state index is -0.890. The Morgan fingerprint density at radius 3 is 2.65 bits per heavy atom. The number of aromatic nitrogens is 3. The molecule has 8 nitrogen and oxygen atoms in total. The number of nitrogen functional groups attached to an aromatic ring is 1. The number of halogens is 1. The van der Waals surface area contributed by atoms with Crippen molar-refractivity contribution in [2.45, 2.75) is 24.5 Å². The number of ether oxygens (including phenoxy) is 4. The summed E-state index contributed by atoms with van der Waals surface area (Å²) in [5, 5.41) is 0.550. The molecule has 3 heterocycles. The van der Waals surface area contributed by atoms with E-state index in [1.54, 1.807) is 38.2 Å². The summed E-state index contributed by atoms with van der Waals surface area (Å²) in [6.45, 7) is 0.347. The van der Waals surface area contributed by atoms with Crippen molar-refractivity contribution in [1.29, 1.82) is 0 Å². The van der Waals surface area contributed by atoms with Gasteiger partial charge in [0.25, 0.3) is 0 Å². The molecule has 0 radical (unpaired) electrons. The molecule has 1 aliphatic rings. The molecule has 0 amide bonds. The van der Waals surface area contributed by atoms with Crippen molar-refractivity contribution in [2.24, 2.45) is 0 Å². The van der Waals surface area contributed by atoms with Crippen LogP contribution in [-0.4, -0.2) is 60.8 Å². The highest BCUT2D eigenvalue weighted by Gasteiger charge is 2.46. The monoisotopic (exact) mass is 326 g/mol. The zero-order valence-electron chi connectivity index (χ0n) is 13.1. The van der Waals surface area contributed by atoms with Crippen LogP contribution in [0.2, 0.25) is 0 Å². The predicted molar refractivity (Wildman–Crippen MR) is 79.3 cm³/mol. The maximum Gasteiger partial charge on any atom is 0.312 e. The average Bonchev–Trinajstić information content (AvgIpc) is 3.08. The molecule has 0 spiro atoms. The molecule has 0 aromatic carbocycles. The molecule has 2 aromatic heterocycles. The Hall–Kier alpha value is -1.81. The minimum absolute atomic E-state index is 0.0787. The van der Waals surface area contributed by atoms with Gasteiger partial charge in [-0.15, -0.1) is 0 Å². The Bertz CT molecular complexity index is 695. The van der Waals surface area contributed by atoms with Crippen LogP contribution in [-0.2, 0) is 18.9 Å². The Morgan fingerprint density at radius 2 is 2.00 bits per heavy atom. The van der Waals surface area contributed by atoms with E-state index in [0.29, 0.717) is 17.6 Å². The first-order chi connectivity index (χ1) is 11.1. The molecule has 23 heavy (non-hydrogen) atoms. The summed E-state index contributed by atoms with van der Waals surface area (Å²) in [6.07, 6.45) is -0.772. The summed E-state index contributed by atoms with van der Waals surface area (Å²) in [5.74, 6) is 0.0787. The van der Waals surface area contributed by atoms with Crippen molar-refractivity contribution < 1.29 is 23.3 Å². The maximum atomic E-state index is 13.5. The summed E-state index contributed by atoms with van der Waals surface area (Å²) in [5.41, 5.74) is 6.09. The van der Waals surface area contributed by atoms with E-state index in [-0.39, 0.29) is 18.0 Å². The SMILES string of the molecule is COC[C@H]1O[C@@H](n2ccc3c(N)nc(F)nc32)C(OC)C1OC. The first-order valence-corrected chi connectivity index (χ1v) is 7.10. The van der Waals surface area contributed by atoms with Crippen LogP contribution in [0.15, 0.2) is 12.3 Å². The second-order valence-corrected chi connectivity index (χ2v) is 5.26. The molecule has 2 N–H and O–H groups in total. The Labute approximate surface area is 132 Å². The molecule has 9 heteroatoms. The number of hydrogen-bond acceptors (Lipinski definition) is 7. The fourth-order valence-electron chi connectivity index (χ4n) is 3.00. The van der Waals surface area contributed by atoms with Gasteiger partial charge in [0.1, 0.15) is 24.1 Å². The van der Waals surface area contributed by atoms with Crippen molar-refractivity contribution in [2.75, 3.05) is 33.7 Å². The topological polar surface area (TPSA) is 93.7 Å². The van der Waals surface area contributed by atoms with Crippen LogP contribution in [0.1, 0.15) is 6.23 Å². The molecule has 1 saturated heterocycles. The number of fused-ring (bicyclic) bond motifs is 1. The van der Waals surface area contributed by atoms with Gasteiger partial charge >= 0.3 is 6.08 Å². The summed E-state index contributed by atoms with van der Waals surface area (Å²) in [7, 11) is 4.73. The van der Waals surface area contributed by atoms with Gasteiger partial charge in [-0.05, 0) is 6.07 Å². The van der Waals surface area contributed by atoms with Gasteiger partial charge in [-0.3, -0.25) is 0 Å². The third-order valence-corrected chi connectivity index (χ3v) is 4.01. The zero-order chi connectivity index (χ0) is 16.6. The van der Waals surface area contributed by atoms with Crippen LogP contribution < -0.4 is 5.73 Å². The van der Waals surface area contributed by atoms with Crippen molar-refractivity contribution in [1.82, 2.24) is 14.5 Å². The molecular formula is C14H19FN4O4. The first-order valence-electron chi connectivity index (χ1n) is 7.10. The lowest BCUT2D eigenvalue weighted by Crippen LogP contribution is -2.36. The lowest BCUT2D eigenvalue weighted by molar-refractivity contribution is -0.0634. The molecule has 0 bridgehead atoms. The van der Waals surface area contributed by atoms with E-state index in [9.17, 15) is 4.39 Å². The van der Waals surface area contributed by atoms with E-state index < -0.39 is 18.4 Å². The van der Waals surface area contributed by atoms with Gasteiger partial charge in [0.15, 0.2) is 11.9 Å². The zero-order valence-corrected chi connectivity index (χ0v) is 13.1. The lowest BCUT2D eigenvalue weighted by Gasteiger charge is -2.22. The van der Waals surface area contributed by atoms with E-state index in [2.05, 4.69) is 9.97 Å². The van der Waals surface area contributed by atoms with E-state index in [1.165, 1.54) is 0 Å². The number of nitrogens with two attached hydrogens (primary N) is 1. The van der Waals surface area contributed by atoms with Gasteiger partial charge in [0.05, 0.1) is 12.0 Å². The third kappa shape index (κ3) is 2.65.